The van der Waals surface area contributed by atoms with Gasteiger partial charge in [-0.05, 0) is 0 Å². The summed E-state index contributed by atoms with van der Waals surface area (Å²) >= 11 is 0. The number of Topliss-reactive ketones (excluding diaryl/α,β-unsaturated/α-hetero) is 1. The molecule has 0 radical (unpaired) electrons. The Labute approximate surface area is 41.7 Å². The smallest absolute Gasteiger partial charge is 0.177 e. The summed E-state index contributed by atoms with van der Waals surface area (Å²) in [6.07, 6.45) is -0.898. The Hall–Kier alpha value is -0.450. The Balaban J connectivity index is 3.35. The minimum Gasteiger partial charge on any atom is -0.324 e. The van der Waals surface area contributed by atoms with Crippen molar-refractivity contribution in [1.29, 1.82) is 0 Å². The summed E-state index contributed by atoms with van der Waals surface area (Å²) in [5.41, 5.74) is 14.7. The Morgan fingerprint density at radius 3 is 2.00 bits per heavy atom. The molecule has 0 fully saturated rings. The van der Waals surface area contributed by atoms with Gasteiger partial charge in [-0.1, -0.05) is 0 Å². The molecule has 6 N–H and O–H groups in total. The third-order valence-corrected chi connectivity index (χ3v) is 0.573. The summed E-state index contributed by atoms with van der Waals surface area (Å²) in [7, 11) is 0. The van der Waals surface area contributed by atoms with Crippen LogP contribution < -0.4 is 17.2 Å². The van der Waals surface area contributed by atoms with Gasteiger partial charge in [0.1, 0.15) is 6.17 Å². The normalized spacial score (nSPS) is 9.71. The van der Waals surface area contributed by atoms with Crippen LogP contribution in [0.2, 0.25) is 0 Å². The molecule has 0 aromatic carbocycles. The Kier molecular flexibility index (Phi) is 2.51. The second kappa shape index (κ2) is 2.68. The number of hydrogen-bond acceptors (Lipinski definition) is 4. The molecule has 0 heterocycles. The number of nitrogens with two attached hydrogens (primary N) is 3. The highest BCUT2D eigenvalue weighted by atomic mass is 16.1. The topological polar surface area (TPSA) is 95.1 Å². The molecule has 0 atom stereocenters. The lowest BCUT2D eigenvalue weighted by molar-refractivity contribution is -0.118. The molecule has 0 aliphatic heterocycles. The lowest BCUT2D eigenvalue weighted by Crippen LogP contribution is -2.42. The summed E-state index contributed by atoms with van der Waals surface area (Å²) in [5.74, 6) is -0.319. The van der Waals surface area contributed by atoms with Gasteiger partial charge in [-0.25, -0.2) is 0 Å². The molecule has 7 heavy (non-hydrogen) atoms. The average molecular weight is 103 g/mol. The third-order valence-electron chi connectivity index (χ3n) is 0.573. The first-order valence-corrected chi connectivity index (χ1v) is 1.92. The van der Waals surface area contributed by atoms with E-state index in [-0.39, 0.29) is 12.3 Å². The molecule has 0 aromatic rings. The van der Waals surface area contributed by atoms with Gasteiger partial charge in [-0.15, -0.1) is 0 Å². The summed E-state index contributed by atoms with van der Waals surface area (Å²) in [5, 5.41) is 0. The van der Waals surface area contributed by atoms with Crippen LogP contribution in [-0.2, 0) is 4.79 Å². The maximum atomic E-state index is 10.1. The molecule has 0 spiro atoms. The number of carbonyl (C=O) groups is 1. The lowest BCUT2D eigenvalue weighted by Gasteiger charge is -1.97. The quantitative estimate of drug-likeness (QED) is 0.344. The molecule has 0 aliphatic carbocycles. The minimum absolute atomic E-state index is 0.0718. The molecule has 0 saturated heterocycles. The zero-order valence-corrected chi connectivity index (χ0v) is 3.92. The molecular formula is C3H9N3O. The van der Waals surface area contributed by atoms with Crippen LogP contribution in [0, 0.1) is 0 Å². The van der Waals surface area contributed by atoms with E-state index in [1.165, 1.54) is 0 Å². The first kappa shape index (κ1) is 6.55. The predicted molar refractivity (Wildman–Crippen MR) is 26.2 cm³/mol. The van der Waals surface area contributed by atoms with Crippen molar-refractivity contribution in [2.45, 2.75) is 6.17 Å². The fourth-order valence-electron chi connectivity index (χ4n) is 0.136. The highest BCUT2D eigenvalue weighted by Crippen LogP contribution is 1.63. The number of hydrogen-bond donors (Lipinski definition) is 3. The molecule has 0 aromatic heterocycles. The molecule has 42 valence electrons. The van der Waals surface area contributed by atoms with Gasteiger partial charge in [0.25, 0.3) is 0 Å². The van der Waals surface area contributed by atoms with Crippen LogP contribution >= 0.6 is 0 Å². The molecule has 0 aliphatic rings. The molecule has 0 unspecified atom stereocenters. The van der Waals surface area contributed by atoms with Crippen molar-refractivity contribution in [3.8, 4) is 0 Å². The van der Waals surface area contributed by atoms with Crippen molar-refractivity contribution in [3.05, 3.63) is 0 Å². The average Bonchev–Trinajstić information content (AvgIpc) is 1.65. The fourth-order valence-corrected chi connectivity index (χ4v) is 0.136. The van der Waals surface area contributed by atoms with Crippen LogP contribution in [0.5, 0.6) is 0 Å². The van der Waals surface area contributed by atoms with Gasteiger partial charge in [0.2, 0.25) is 0 Å². The van der Waals surface area contributed by atoms with E-state index in [1.54, 1.807) is 0 Å². The number of ketones is 1. The second-order valence-corrected chi connectivity index (χ2v) is 1.20. The van der Waals surface area contributed by atoms with Crippen LogP contribution in [0.25, 0.3) is 0 Å². The van der Waals surface area contributed by atoms with E-state index >= 15 is 0 Å². The van der Waals surface area contributed by atoms with E-state index in [9.17, 15) is 4.79 Å². The van der Waals surface area contributed by atoms with Crippen molar-refractivity contribution >= 4 is 5.78 Å². The summed E-state index contributed by atoms with van der Waals surface area (Å²) in [6.45, 7) is -0.0718. The van der Waals surface area contributed by atoms with Crippen LogP contribution in [0.1, 0.15) is 0 Å². The van der Waals surface area contributed by atoms with Crippen molar-refractivity contribution in [2.75, 3.05) is 6.54 Å². The van der Waals surface area contributed by atoms with Gasteiger partial charge < -0.3 is 17.2 Å². The van der Waals surface area contributed by atoms with E-state index in [1.807, 2.05) is 0 Å². The molecule has 0 amide bonds. The largest absolute Gasteiger partial charge is 0.324 e. The standard InChI is InChI=1S/C3H9N3O/c4-1-2(7)3(5)6/h3H,1,4-6H2. The van der Waals surface area contributed by atoms with Crippen LogP contribution in [0.4, 0.5) is 0 Å². The first-order chi connectivity index (χ1) is 3.18. The zero-order valence-electron chi connectivity index (χ0n) is 3.92. The van der Waals surface area contributed by atoms with Gasteiger partial charge in [-0.2, -0.15) is 0 Å². The van der Waals surface area contributed by atoms with Gasteiger partial charge in [0.15, 0.2) is 5.78 Å². The van der Waals surface area contributed by atoms with Crippen LogP contribution in [0.3, 0.4) is 0 Å². The molecular weight excluding hydrogens is 94.1 g/mol. The highest BCUT2D eigenvalue weighted by Gasteiger charge is 2.01. The van der Waals surface area contributed by atoms with E-state index in [0.717, 1.165) is 0 Å². The predicted octanol–water partition coefficient (Wildman–Crippen LogP) is -2.24. The maximum absolute atomic E-state index is 10.1. The van der Waals surface area contributed by atoms with E-state index in [2.05, 4.69) is 0 Å². The van der Waals surface area contributed by atoms with Crippen molar-refractivity contribution in [3.63, 3.8) is 0 Å². The summed E-state index contributed by atoms with van der Waals surface area (Å²) in [6, 6.07) is 0. The maximum Gasteiger partial charge on any atom is 0.177 e. The minimum atomic E-state index is -0.898. The Bertz CT molecular complexity index is 70.6. The molecule has 0 rings (SSSR count). The van der Waals surface area contributed by atoms with Gasteiger partial charge >= 0.3 is 0 Å². The number of rotatable bonds is 2. The molecule has 0 bridgehead atoms. The molecule has 4 nitrogen and oxygen atoms in total. The summed E-state index contributed by atoms with van der Waals surface area (Å²) < 4.78 is 0. The first-order valence-electron chi connectivity index (χ1n) is 1.92. The second-order valence-electron chi connectivity index (χ2n) is 1.20. The van der Waals surface area contributed by atoms with Gasteiger partial charge in [-0.3, -0.25) is 4.79 Å². The third kappa shape index (κ3) is 2.27. The van der Waals surface area contributed by atoms with Crippen molar-refractivity contribution in [2.24, 2.45) is 17.2 Å². The SMILES string of the molecule is NCC(=O)C(N)N. The van der Waals surface area contributed by atoms with Crippen molar-refractivity contribution < 1.29 is 4.79 Å². The molecule has 0 saturated carbocycles. The van der Waals surface area contributed by atoms with Crippen molar-refractivity contribution in [1.82, 2.24) is 0 Å². The van der Waals surface area contributed by atoms with Gasteiger partial charge in [0.05, 0.1) is 6.54 Å². The van der Waals surface area contributed by atoms with Crippen LogP contribution in [-0.4, -0.2) is 18.5 Å². The van der Waals surface area contributed by atoms with E-state index in [4.69, 9.17) is 17.2 Å². The lowest BCUT2D eigenvalue weighted by atomic mass is 10.3. The molecule has 4 heteroatoms. The van der Waals surface area contributed by atoms with E-state index in [0.29, 0.717) is 0 Å². The summed E-state index contributed by atoms with van der Waals surface area (Å²) in [4.78, 5) is 10.1. The fraction of sp³-hybridized carbons (Fsp3) is 0.667. The monoisotopic (exact) mass is 103 g/mol. The number of carbonyl (C=O) groups excluding carboxylic acids is 1. The van der Waals surface area contributed by atoms with Crippen LogP contribution in [0.15, 0.2) is 0 Å². The van der Waals surface area contributed by atoms with Gasteiger partial charge in [0, 0.05) is 0 Å². The zero-order chi connectivity index (χ0) is 5.86. The Morgan fingerprint density at radius 1 is 1.57 bits per heavy atom. The Morgan fingerprint density at radius 2 is 2.00 bits per heavy atom. The highest BCUT2D eigenvalue weighted by molar-refractivity contribution is 5.84. The van der Waals surface area contributed by atoms with E-state index < -0.39 is 6.17 Å².